The Bertz CT molecular complexity index is 1290. The van der Waals surface area contributed by atoms with Gasteiger partial charge in [0.2, 0.25) is 9.04 Å². The summed E-state index contributed by atoms with van der Waals surface area (Å²) in [6.45, 7) is 11.5. The number of nitrogens with zero attached hydrogens (tertiary/aromatic N) is 3. The lowest BCUT2D eigenvalue weighted by Gasteiger charge is -2.29. The maximum Gasteiger partial charge on any atom is 0.270 e. The van der Waals surface area contributed by atoms with Crippen LogP contribution in [0.3, 0.4) is 0 Å². The van der Waals surface area contributed by atoms with E-state index in [2.05, 4.69) is 38.7 Å². The Hall–Kier alpha value is -2.39. The Morgan fingerprint density at radius 3 is 2.50 bits per heavy atom. The maximum absolute atomic E-state index is 13.5. The van der Waals surface area contributed by atoms with Crippen LogP contribution in [0.15, 0.2) is 42.5 Å². The minimum atomic E-state index is -0.863. The smallest absolute Gasteiger partial charge is 0.270 e. The van der Waals surface area contributed by atoms with Gasteiger partial charge in [-0.2, -0.15) is 0 Å². The third kappa shape index (κ3) is 5.50. The van der Waals surface area contributed by atoms with Gasteiger partial charge in [0.25, 0.3) is 5.91 Å². The van der Waals surface area contributed by atoms with Crippen LogP contribution in [0.1, 0.15) is 49.5 Å². The maximum atomic E-state index is 13.5. The van der Waals surface area contributed by atoms with Gasteiger partial charge in [-0.1, -0.05) is 51.4 Å². The number of fused-ring (bicyclic) bond motifs is 1. The van der Waals surface area contributed by atoms with E-state index in [9.17, 15) is 4.79 Å². The van der Waals surface area contributed by atoms with E-state index >= 15 is 0 Å². The van der Waals surface area contributed by atoms with Crippen molar-refractivity contribution in [3.8, 4) is 16.3 Å². The molecule has 0 saturated carbocycles. The minimum Gasteiger partial charge on any atom is -0.495 e. The van der Waals surface area contributed by atoms with E-state index in [1.165, 1.54) is 11.3 Å². The first-order valence-corrected chi connectivity index (χ1v) is 16.0. The van der Waals surface area contributed by atoms with Crippen molar-refractivity contribution in [2.24, 2.45) is 0 Å². The van der Waals surface area contributed by atoms with Crippen molar-refractivity contribution < 1.29 is 14.0 Å². The van der Waals surface area contributed by atoms with Crippen LogP contribution in [0.2, 0.25) is 16.1 Å². The quantitative estimate of drug-likeness (QED) is 0.272. The van der Waals surface area contributed by atoms with Crippen LogP contribution in [-0.2, 0) is 10.8 Å². The molecule has 1 radical (unpaired) electrons. The molecule has 0 bridgehead atoms. The fraction of sp³-hybridized carbons (Fsp3) is 0.448. The molecule has 1 aromatic heterocycles. The largest absolute Gasteiger partial charge is 0.495 e. The number of benzene rings is 2. The van der Waals surface area contributed by atoms with Crippen molar-refractivity contribution >= 4 is 49.3 Å². The van der Waals surface area contributed by atoms with Crippen molar-refractivity contribution in [2.75, 3.05) is 36.5 Å². The SMILES string of the molecule is COc1cc(N2CCc3nc(-c4ccc(Cl)cc4)sc3C2=O)ccc1N1CCC(O[Si](C(C)C)C(C)C)C1. The summed E-state index contributed by atoms with van der Waals surface area (Å²) in [5.74, 6) is 0.775. The lowest BCUT2D eigenvalue weighted by atomic mass is 10.1. The molecule has 0 N–H and O–H groups in total. The first-order chi connectivity index (χ1) is 18.2. The minimum absolute atomic E-state index is 0.00884. The van der Waals surface area contributed by atoms with Gasteiger partial charge >= 0.3 is 0 Å². The molecular formula is C29H35ClN3O3SSi. The number of halogens is 1. The second-order valence-corrected chi connectivity index (χ2v) is 15.3. The van der Waals surface area contributed by atoms with Crippen LogP contribution in [0.4, 0.5) is 11.4 Å². The van der Waals surface area contributed by atoms with Crippen molar-refractivity contribution in [1.82, 2.24) is 4.98 Å². The summed E-state index contributed by atoms with van der Waals surface area (Å²) >= 11 is 7.49. The van der Waals surface area contributed by atoms with Gasteiger partial charge in [-0.05, 0) is 41.8 Å². The van der Waals surface area contributed by atoms with E-state index in [0.717, 1.165) is 59.3 Å². The van der Waals surface area contributed by atoms with E-state index in [1.807, 2.05) is 41.3 Å². The summed E-state index contributed by atoms with van der Waals surface area (Å²) in [5.41, 5.74) is 4.93. The number of methoxy groups -OCH3 is 1. The zero-order valence-electron chi connectivity index (χ0n) is 22.7. The third-order valence-corrected chi connectivity index (χ3v) is 11.5. The number of rotatable bonds is 8. The number of anilines is 2. The molecule has 9 heteroatoms. The summed E-state index contributed by atoms with van der Waals surface area (Å²) in [6.07, 6.45) is 1.99. The van der Waals surface area contributed by atoms with Crippen molar-refractivity contribution in [2.45, 2.75) is 57.7 Å². The van der Waals surface area contributed by atoms with E-state index in [0.29, 0.717) is 27.5 Å². The van der Waals surface area contributed by atoms with E-state index < -0.39 is 9.04 Å². The number of hydrogen-bond acceptors (Lipinski definition) is 6. The standard InChI is InChI=1S/C29H35ClN3O3SSi/c1-18(2)38(19(3)4)36-23-12-14-32(17-23)25-11-10-22(16-26(25)35-5)33-15-13-24-27(29(33)34)37-28(31-24)20-6-8-21(30)9-7-20/h6-11,16,18-19,23H,12-15,17H2,1-5H3. The highest BCUT2D eigenvalue weighted by Gasteiger charge is 2.33. The molecule has 2 aromatic carbocycles. The normalized spacial score (nSPS) is 17.7. The Labute approximate surface area is 236 Å². The van der Waals surface area contributed by atoms with E-state index in [4.69, 9.17) is 25.7 Å². The van der Waals surface area contributed by atoms with Crippen LogP contribution < -0.4 is 14.5 Å². The molecule has 38 heavy (non-hydrogen) atoms. The van der Waals surface area contributed by atoms with Gasteiger partial charge < -0.3 is 19.0 Å². The fourth-order valence-corrected chi connectivity index (χ4v) is 9.01. The molecule has 3 heterocycles. The van der Waals surface area contributed by atoms with Crippen LogP contribution in [0.25, 0.3) is 10.6 Å². The molecule has 2 aliphatic rings. The van der Waals surface area contributed by atoms with E-state index in [1.54, 1.807) is 7.11 Å². The van der Waals surface area contributed by atoms with Gasteiger partial charge in [0.05, 0.1) is 24.6 Å². The summed E-state index contributed by atoms with van der Waals surface area (Å²) in [4.78, 5) is 23.2. The van der Waals surface area contributed by atoms with Gasteiger partial charge in [-0.25, -0.2) is 4.98 Å². The second-order valence-electron chi connectivity index (χ2n) is 10.6. The lowest BCUT2D eigenvalue weighted by molar-refractivity contribution is 0.0984. The summed E-state index contributed by atoms with van der Waals surface area (Å²) < 4.78 is 12.4. The molecule has 0 spiro atoms. The molecule has 2 aliphatic heterocycles. The number of hydrogen-bond donors (Lipinski definition) is 0. The number of aromatic nitrogens is 1. The summed E-state index contributed by atoms with van der Waals surface area (Å²) in [5, 5.41) is 1.53. The molecule has 1 atom stereocenters. The van der Waals surface area contributed by atoms with Crippen LogP contribution in [0, 0.1) is 0 Å². The Morgan fingerprint density at radius 1 is 1.08 bits per heavy atom. The van der Waals surface area contributed by atoms with E-state index in [-0.39, 0.29) is 12.0 Å². The fourth-order valence-electron chi connectivity index (χ4n) is 5.36. The monoisotopic (exact) mass is 568 g/mol. The third-order valence-electron chi connectivity index (χ3n) is 7.20. The molecular weight excluding hydrogens is 534 g/mol. The molecule has 6 nitrogen and oxygen atoms in total. The predicted octanol–water partition coefficient (Wildman–Crippen LogP) is 7.08. The zero-order valence-corrected chi connectivity index (χ0v) is 25.2. The molecule has 3 aromatic rings. The average molecular weight is 569 g/mol. The molecule has 201 valence electrons. The Balaban J connectivity index is 1.32. The van der Waals surface area contributed by atoms with Crippen LogP contribution in [0.5, 0.6) is 5.75 Å². The number of ether oxygens (including phenoxy) is 1. The van der Waals surface area contributed by atoms with Gasteiger partial charge in [-0.3, -0.25) is 4.79 Å². The van der Waals surface area contributed by atoms with Crippen LogP contribution in [-0.4, -0.2) is 52.8 Å². The first kappa shape index (κ1) is 27.2. The van der Waals surface area contributed by atoms with Gasteiger partial charge in [-0.15, -0.1) is 11.3 Å². The molecule has 0 aliphatic carbocycles. The van der Waals surface area contributed by atoms with Crippen molar-refractivity contribution in [1.29, 1.82) is 0 Å². The predicted molar refractivity (Wildman–Crippen MR) is 159 cm³/mol. The molecule has 1 saturated heterocycles. The van der Waals surface area contributed by atoms with Crippen molar-refractivity contribution in [3.63, 3.8) is 0 Å². The van der Waals surface area contributed by atoms with Gasteiger partial charge in [0, 0.05) is 48.4 Å². The highest BCUT2D eigenvalue weighted by Crippen LogP contribution is 2.38. The zero-order chi connectivity index (χ0) is 27.0. The van der Waals surface area contributed by atoms with Gasteiger partial charge in [0.15, 0.2) is 0 Å². The van der Waals surface area contributed by atoms with Gasteiger partial charge in [0.1, 0.15) is 15.6 Å². The topological polar surface area (TPSA) is 54.9 Å². The molecule has 1 fully saturated rings. The summed E-state index contributed by atoms with van der Waals surface area (Å²) in [7, 11) is 0.835. The lowest BCUT2D eigenvalue weighted by Crippen LogP contribution is -2.37. The molecule has 5 rings (SSSR count). The van der Waals surface area contributed by atoms with Crippen LogP contribution >= 0.6 is 22.9 Å². The highest BCUT2D eigenvalue weighted by atomic mass is 35.5. The number of thiazole rings is 1. The molecule has 1 amide bonds. The number of amides is 1. The number of carbonyl (C=O) groups excluding carboxylic acids is 1. The Morgan fingerprint density at radius 2 is 1.82 bits per heavy atom. The average Bonchev–Trinajstić information content (AvgIpc) is 3.55. The highest BCUT2D eigenvalue weighted by molar-refractivity contribution is 7.17. The van der Waals surface area contributed by atoms with Crippen molar-refractivity contribution in [3.05, 3.63) is 58.1 Å². The summed E-state index contributed by atoms with van der Waals surface area (Å²) in [6, 6.07) is 13.7. The first-order valence-electron chi connectivity index (χ1n) is 13.3. The Kier molecular flexibility index (Phi) is 8.14. The molecule has 1 unspecified atom stereocenters. The number of carbonyl (C=O) groups is 1. The second kappa shape index (κ2) is 11.4.